The molecule has 0 saturated heterocycles. The molecule has 0 aliphatic heterocycles. The number of aromatic nitrogens is 2. The first-order valence-corrected chi connectivity index (χ1v) is 8.94. The highest BCUT2D eigenvalue weighted by Crippen LogP contribution is 2.28. The lowest BCUT2D eigenvalue weighted by atomic mass is 10.1. The Morgan fingerprint density at radius 3 is 2.63 bits per heavy atom. The van der Waals surface area contributed by atoms with E-state index in [1.165, 1.54) is 44.8 Å². The summed E-state index contributed by atoms with van der Waals surface area (Å²) in [7, 11) is 2.68. The summed E-state index contributed by atoms with van der Waals surface area (Å²) in [6.07, 6.45) is 4.71. The minimum Gasteiger partial charge on any atom is -0.493 e. The lowest BCUT2D eigenvalue weighted by molar-refractivity contribution is -0.142. The summed E-state index contributed by atoms with van der Waals surface area (Å²) in [5, 5.41) is 2.73. The van der Waals surface area contributed by atoms with Crippen LogP contribution < -0.4 is 14.8 Å². The molecule has 1 N–H and O–H groups in total. The molecule has 156 valence electrons. The molecular weight excluding hydrogens is 393 g/mol. The number of methoxy groups -OCH3 is 2. The third kappa shape index (κ3) is 4.93. The first-order valence-electron chi connectivity index (χ1n) is 8.94. The summed E-state index contributed by atoms with van der Waals surface area (Å²) in [4.78, 5) is 27.6. The number of carbonyl (C=O) groups excluding carboxylic acids is 2. The third-order valence-electron chi connectivity index (χ3n) is 4.25. The molecular formula is C21H20FN3O5. The number of amides is 1. The molecule has 0 fully saturated rings. The summed E-state index contributed by atoms with van der Waals surface area (Å²) >= 11 is 0. The van der Waals surface area contributed by atoms with E-state index < -0.39 is 11.8 Å². The van der Waals surface area contributed by atoms with Gasteiger partial charge in [0.1, 0.15) is 5.82 Å². The van der Waals surface area contributed by atoms with Crippen molar-refractivity contribution in [2.24, 2.45) is 0 Å². The van der Waals surface area contributed by atoms with E-state index >= 15 is 0 Å². The average Bonchev–Trinajstić information content (AvgIpc) is 3.30. The molecule has 0 atom stereocenters. The smallest absolute Gasteiger partial charge is 0.343 e. The fourth-order valence-electron chi connectivity index (χ4n) is 2.68. The van der Waals surface area contributed by atoms with E-state index in [0.717, 1.165) is 0 Å². The van der Waals surface area contributed by atoms with Crippen LogP contribution in [0.3, 0.4) is 0 Å². The highest BCUT2D eigenvalue weighted by molar-refractivity contribution is 5.94. The Kier molecular flexibility index (Phi) is 6.63. The Morgan fingerprint density at radius 1 is 1.13 bits per heavy atom. The second-order valence-corrected chi connectivity index (χ2v) is 6.17. The first-order chi connectivity index (χ1) is 14.5. The van der Waals surface area contributed by atoms with Crippen LogP contribution in [0, 0.1) is 5.82 Å². The Morgan fingerprint density at radius 2 is 1.97 bits per heavy atom. The van der Waals surface area contributed by atoms with Gasteiger partial charge in [-0.1, -0.05) is 6.07 Å². The quantitative estimate of drug-likeness (QED) is 0.571. The van der Waals surface area contributed by atoms with Crippen molar-refractivity contribution in [3.63, 3.8) is 0 Å². The van der Waals surface area contributed by atoms with Gasteiger partial charge in [-0.2, -0.15) is 0 Å². The highest BCUT2D eigenvalue weighted by atomic mass is 19.1. The third-order valence-corrected chi connectivity index (χ3v) is 4.25. The predicted octanol–water partition coefficient (Wildman–Crippen LogP) is 2.50. The normalized spacial score (nSPS) is 10.4. The van der Waals surface area contributed by atoms with Gasteiger partial charge in [-0.05, 0) is 35.9 Å². The van der Waals surface area contributed by atoms with Crippen LogP contribution >= 0.6 is 0 Å². The van der Waals surface area contributed by atoms with E-state index in [-0.39, 0.29) is 19.1 Å². The minimum absolute atomic E-state index is 0.142. The number of nitrogens with zero attached hydrogens (tertiary/aromatic N) is 2. The van der Waals surface area contributed by atoms with Gasteiger partial charge in [0.05, 0.1) is 26.2 Å². The number of halogens is 1. The van der Waals surface area contributed by atoms with Gasteiger partial charge in [-0.25, -0.2) is 14.2 Å². The maximum atomic E-state index is 14.3. The molecule has 0 bridgehead atoms. The molecule has 1 amide bonds. The fraction of sp³-hybridized carbons (Fsp3) is 0.190. The van der Waals surface area contributed by atoms with Crippen molar-refractivity contribution < 1.29 is 28.2 Å². The molecule has 1 heterocycles. The van der Waals surface area contributed by atoms with Crippen molar-refractivity contribution in [2.45, 2.75) is 6.54 Å². The molecule has 9 heteroatoms. The maximum Gasteiger partial charge on any atom is 0.343 e. The van der Waals surface area contributed by atoms with Crippen LogP contribution in [0.1, 0.15) is 15.9 Å². The van der Waals surface area contributed by atoms with Crippen molar-refractivity contribution in [1.29, 1.82) is 0 Å². The topological polar surface area (TPSA) is 91.7 Å². The molecule has 0 aliphatic rings. The summed E-state index contributed by atoms with van der Waals surface area (Å²) in [5.41, 5.74) is 1.30. The van der Waals surface area contributed by atoms with Gasteiger partial charge in [0, 0.05) is 24.5 Å². The van der Waals surface area contributed by atoms with Crippen LogP contribution in [-0.4, -0.2) is 42.3 Å². The number of hydrogen-bond donors (Lipinski definition) is 1. The lowest BCUT2D eigenvalue weighted by Crippen LogP contribution is -2.23. The van der Waals surface area contributed by atoms with E-state index in [4.69, 9.17) is 9.47 Å². The molecule has 1 aromatic heterocycles. The molecule has 0 saturated carbocycles. The number of benzene rings is 2. The van der Waals surface area contributed by atoms with Crippen LogP contribution in [-0.2, 0) is 16.1 Å². The van der Waals surface area contributed by atoms with Crippen LogP contribution in [0.5, 0.6) is 11.5 Å². The molecule has 3 aromatic rings. The second kappa shape index (κ2) is 9.55. The monoisotopic (exact) mass is 413 g/mol. The summed E-state index contributed by atoms with van der Waals surface area (Å²) in [6, 6.07) is 9.26. The minimum atomic E-state index is -0.537. The van der Waals surface area contributed by atoms with Crippen LogP contribution in [0.15, 0.2) is 55.1 Å². The van der Waals surface area contributed by atoms with Crippen LogP contribution in [0.25, 0.3) is 5.69 Å². The molecule has 0 spiro atoms. The second-order valence-electron chi connectivity index (χ2n) is 6.17. The van der Waals surface area contributed by atoms with E-state index in [2.05, 4.69) is 15.0 Å². The SMILES string of the molecule is COC(=O)COc1ccc(C(=O)NCc2ccc(-n3ccnc3)c(F)c2)cc1OC. The van der Waals surface area contributed by atoms with E-state index in [1.54, 1.807) is 29.1 Å². The molecule has 8 nitrogen and oxygen atoms in total. The largest absolute Gasteiger partial charge is 0.493 e. The zero-order chi connectivity index (χ0) is 21.5. The molecule has 0 radical (unpaired) electrons. The highest BCUT2D eigenvalue weighted by Gasteiger charge is 2.13. The van der Waals surface area contributed by atoms with E-state index in [0.29, 0.717) is 28.3 Å². The fourth-order valence-corrected chi connectivity index (χ4v) is 2.68. The summed E-state index contributed by atoms with van der Waals surface area (Å²) in [5.74, 6) is -0.732. The number of carbonyl (C=O) groups is 2. The Balaban J connectivity index is 1.64. The van der Waals surface area contributed by atoms with Crippen molar-refractivity contribution in [2.75, 3.05) is 20.8 Å². The van der Waals surface area contributed by atoms with E-state index in [1.807, 2.05) is 0 Å². The van der Waals surface area contributed by atoms with Crippen molar-refractivity contribution in [1.82, 2.24) is 14.9 Å². The van der Waals surface area contributed by atoms with Gasteiger partial charge >= 0.3 is 5.97 Å². The molecule has 0 unspecified atom stereocenters. The lowest BCUT2D eigenvalue weighted by Gasteiger charge is -2.12. The molecule has 3 rings (SSSR count). The zero-order valence-electron chi connectivity index (χ0n) is 16.4. The number of rotatable bonds is 8. The Hall–Kier alpha value is -3.88. The van der Waals surface area contributed by atoms with Gasteiger partial charge in [-0.3, -0.25) is 4.79 Å². The predicted molar refractivity (Wildman–Crippen MR) is 105 cm³/mol. The number of hydrogen-bond acceptors (Lipinski definition) is 6. The van der Waals surface area contributed by atoms with E-state index in [9.17, 15) is 14.0 Å². The first kappa shape index (κ1) is 20.8. The summed E-state index contributed by atoms with van der Waals surface area (Å²) < 4.78 is 31.0. The van der Waals surface area contributed by atoms with Gasteiger partial charge in [-0.15, -0.1) is 0 Å². The summed E-state index contributed by atoms with van der Waals surface area (Å²) in [6.45, 7) is -0.137. The maximum absolute atomic E-state index is 14.3. The number of ether oxygens (including phenoxy) is 3. The van der Waals surface area contributed by atoms with Crippen LogP contribution in [0.4, 0.5) is 4.39 Å². The number of esters is 1. The van der Waals surface area contributed by atoms with Gasteiger partial charge in [0.25, 0.3) is 5.91 Å². The zero-order valence-corrected chi connectivity index (χ0v) is 16.4. The van der Waals surface area contributed by atoms with Gasteiger partial charge in [0.15, 0.2) is 18.1 Å². The van der Waals surface area contributed by atoms with Crippen molar-refractivity contribution in [3.05, 3.63) is 72.1 Å². The van der Waals surface area contributed by atoms with Crippen LogP contribution in [0.2, 0.25) is 0 Å². The van der Waals surface area contributed by atoms with Gasteiger partial charge in [0.2, 0.25) is 0 Å². The Bertz CT molecular complexity index is 1040. The number of nitrogens with one attached hydrogen (secondary N) is 1. The standard InChI is InChI=1S/C21H20FN3O5/c1-28-19-10-15(4-6-18(19)30-12-20(26)29-2)21(27)24-11-14-3-5-17(16(22)9-14)25-8-7-23-13-25/h3-10,13H,11-12H2,1-2H3,(H,24,27). The van der Waals surface area contributed by atoms with Gasteiger partial charge < -0.3 is 24.1 Å². The molecule has 2 aromatic carbocycles. The Labute approximate surface area is 172 Å². The van der Waals surface area contributed by atoms with Crippen molar-refractivity contribution in [3.8, 4) is 17.2 Å². The molecule has 30 heavy (non-hydrogen) atoms. The average molecular weight is 413 g/mol. The molecule has 0 aliphatic carbocycles. The number of imidazole rings is 1. The van der Waals surface area contributed by atoms with Crippen molar-refractivity contribution >= 4 is 11.9 Å².